The SMILES string of the molecule is CCCCC12CC3CC(CCCC)(C1)CC(C14CC5(CCCC)CC(CCCC)(CC(c6ccc(Br)cc6C)(C5)C1)C4)(C3)C2. The van der Waals surface area contributed by atoms with E-state index in [4.69, 9.17) is 0 Å². The fraction of sp³-hybridized carbons (Fsp3) is 0.860. The van der Waals surface area contributed by atoms with Gasteiger partial charge in [0, 0.05) is 4.47 Å². The molecule has 0 nitrogen and oxygen atoms in total. The highest BCUT2D eigenvalue weighted by Gasteiger charge is 2.76. The van der Waals surface area contributed by atoms with E-state index < -0.39 is 0 Å². The summed E-state index contributed by atoms with van der Waals surface area (Å²) in [4.78, 5) is 0. The third kappa shape index (κ3) is 5.07. The van der Waals surface area contributed by atoms with Crippen LogP contribution in [-0.4, -0.2) is 0 Å². The molecule has 4 unspecified atom stereocenters. The monoisotopic (exact) mass is 662 g/mol. The third-order valence-corrected chi connectivity index (χ3v) is 16.2. The fourth-order valence-electron chi connectivity index (χ4n) is 15.9. The fourth-order valence-corrected chi connectivity index (χ4v) is 16.3. The first kappa shape index (κ1) is 32.3. The highest BCUT2D eigenvalue weighted by atomic mass is 79.9. The lowest BCUT2D eigenvalue weighted by Gasteiger charge is -2.80. The maximum Gasteiger partial charge on any atom is 0.0178 e. The Morgan fingerprint density at radius 2 is 1.05 bits per heavy atom. The molecule has 0 saturated heterocycles. The first-order chi connectivity index (χ1) is 21.1. The summed E-state index contributed by atoms with van der Waals surface area (Å²) in [6, 6.07) is 7.50. The molecule has 0 aromatic heterocycles. The van der Waals surface area contributed by atoms with Crippen LogP contribution in [0.4, 0.5) is 0 Å². The zero-order valence-corrected chi connectivity index (χ0v) is 31.2. The summed E-state index contributed by atoms with van der Waals surface area (Å²) >= 11 is 3.87. The average molecular weight is 664 g/mol. The Balaban J connectivity index is 1.40. The molecule has 0 heterocycles. The minimum absolute atomic E-state index is 0.400. The van der Waals surface area contributed by atoms with Gasteiger partial charge in [0.1, 0.15) is 0 Å². The van der Waals surface area contributed by atoms with Gasteiger partial charge in [-0.15, -0.1) is 0 Å². The van der Waals surface area contributed by atoms with E-state index in [-0.39, 0.29) is 0 Å². The summed E-state index contributed by atoms with van der Waals surface area (Å²) in [7, 11) is 0. The van der Waals surface area contributed by atoms with E-state index in [2.05, 4.69) is 68.7 Å². The van der Waals surface area contributed by atoms with Crippen molar-refractivity contribution in [2.24, 2.45) is 38.4 Å². The first-order valence-corrected chi connectivity index (χ1v) is 20.6. The van der Waals surface area contributed by atoms with E-state index >= 15 is 0 Å². The number of halogens is 1. The molecule has 0 amide bonds. The van der Waals surface area contributed by atoms with Gasteiger partial charge >= 0.3 is 0 Å². The van der Waals surface area contributed by atoms with Gasteiger partial charge in [-0.3, -0.25) is 0 Å². The Labute approximate surface area is 281 Å². The van der Waals surface area contributed by atoms with Gasteiger partial charge < -0.3 is 0 Å². The molecule has 0 radical (unpaired) electrons. The molecule has 8 saturated carbocycles. The van der Waals surface area contributed by atoms with E-state index in [0.717, 1.165) is 5.92 Å². The molecule has 44 heavy (non-hydrogen) atoms. The van der Waals surface area contributed by atoms with E-state index in [1.54, 1.807) is 81.8 Å². The van der Waals surface area contributed by atoms with Crippen molar-refractivity contribution in [2.75, 3.05) is 0 Å². The van der Waals surface area contributed by atoms with Crippen molar-refractivity contribution in [1.29, 1.82) is 0 Å². The lowest BCUT2D eigenvalue weighted by molar-refractivity contribution is -0.283. The molecule has 8 aliphatic carbocycles. The molecular formula is C43H67Br. The Kier molecular flexibility index (Phi) is 8.36. The van der Waals surface area contributed by atoms with Crippen molar-refractivity contribution in [1.82, 2.24) is 0 Å². The van der Waals surface area contributed by atoms with Gasteiger partial charge in [0.25, 0.3) is 0 Å². The largest absolute Gasteiger partial charge is 0.0654 e. The number of hydrogen-bond donors (Lipinski definition) is 0. The zero-order valence-electron chi connectivity index (χ0n) is 29.7. The molecule has 8 bridgehead atoms. The predicted molar refractivity (Wildman–Crippen MR) is 192 cm³/mol. The van der Waals surface area contributed by atoms with Crippen LogP contribution in [0.3, 0.4) is 0 Å². The van der Waals surface area contributed by atoms with Crippen LogP contribution in [0, 0.1) is 45.3 Å². The maximum absolute atomic E-state index is 3.87. The Morgan fingerprint density at radius 1 is 0.568 bits per heavy atom. The lowest BCUT2D eigenvalue weighted by Crippen LogP contribution is -2.70. The normalized spacial score (nSPS) is 45.0. The van der Waals surface area contributed by atoms with E-state index in [9.17, 15) is 0 Å². The molecule has 9 rings (SSSR count). The first-order valence-electron chi connectivity index (χ1n) is 19.8. The molecular weight excluding hydrogens is 596 g/mol. The quantitative estimate of drug-likeness (QED) is 0.186. The molecule has 1 aromatic carbocycles. The summed E-state index contributed by atoms with van der Waals surface area (Å²) in [5.41, 5.74) is 7.42. The number of rotatable bonds is 14. The van der Waals surface area contributed by atoms with Gasteiger partial charge in [-0.1, -0.05) is 101 Å². The number of hydrogen-bond acceptors (Lipinski definition) is 0. The standard InChI is InChI=1S/C43H67Br/c1-6-10-16-37-21-34-22-38(24-37,17-11-7-2)29-42(23-34,28-37)43-30-39(18-12-8-3)25-40(31-43,19-13-9-4)27-41(26-39,32-43)36-15-14-35(44)20-33(36)5/h14-15,20,34H,6-13,16-19,21-32H2,1-5H3. The van der Waals surface area contributed by atoms with Gasteiger partial charge in [0.05, 0.1) is 0 Å². The van der Waals surface area contributed by atoms with Crippen LogP contribution < -0.4 is 0 Å². The number of benzene rings is 1. The minimum atomic E-state index is 0.400. The molecule has 4 atom stereocenters. The Morgan fingerprint density at radius 3 is 1.55 bits per heavy atom. The van der Waals surface area contributed by atoms with Crippen LogP contribution in [0.25, 0.3) is 0 Å². The second-order valence-corrected chi connectivity index (χ2v) is 20.2. The van der Waals surface area contributed by atoms with Crippen molar-refractivity contribution in [2.45, 2.75) is 194 Å². The Hall–Kier alpha value is -0.300. The summed E-state index contributed by atoms with van der Waals surface area (Å²) in [6.45, 7) is 12.3. The van der Waals surface area contributed by atoms with Crippen molar-refractivity contribution in [3.8, 4) is 0 Å². The van der Waals surface area contributed by atoms with Crippen molar-refractivity contribution in [3.05, 3.63) is 33.8 Å². The summed E-state index contributed by atoms with van der Waals surface area (Å²) in [5.74, 6) is 1.02. The maximum atomic E-state index is 3.87. The summed E-state index contributed by atoms with van der Waals surface area (Å²) in [5, 5.41) is 0. The highest BCUT2D eigenvalue weighted by Crippen LogP contribution is 2.85. The van der Waals surface area contributed by atoms with Gasteiger partial charge in [-0.2, -0.15) is 0 Å². The summed E-state index contributed by atoms with van der Waals surface area (Å²) < 4.78 is 1.27. The van der Waals surface area contributed by atoms with Crippen LogP contribution in [0.15, 0.2) is 22.7 Å². The molecule has 0 aliphatic heterocycles. The molecule has 0 spiro atoms. The average Bonchev–Trinajstić information content (AvgIpc) is 2.95. The van der Waals surface area contributed by atoms with Crippen LogP contribution in [0.2, 0.25) is 0 Å². The van der Waals surface area contributed by atoms with Crippen molar-refractivity contribution < 1.29 is 0 Å². The molecule has 0 N–H and O–H groups in total. The second-order valence-electron chi connectivity index (χ2n) is 19.3. The van der Waals surface area contributed by atoms with Crippen LogP contribution in [0.1, 0.15) is 193 Å². The minimum Gasteiger partial charge on any atom is -0.0654 e. The van der Waals surface area contributed by atoms with Gasteiger partial charge in [-0.25, -0.2) is 0 Å². The molecule has 8 aliphatic rings. The molecule has 8 fully saturated rings. The van der Waals surface area contributed by atoms with Gasteiger partial charge in [0.15, 0.2) is 0 Å². The highest BCUT2D eigenvalue weighted by molar-refractivity contribution is 9.10. The van der Waals surface area contributed by atoms with E-state index in [0.29, 0.717) is 37.9 Å². The van der Waals surface area contributed by atoms with Crippen LogP contribution in [-0.2, 0) is 5.41 Å². The van der Waals surface area contributed by atoms with Gasteiger partial charge in [0.2, 0.25) is 0 Å². The second kappa shape index (κ2) is 11.4. The summed E-state index contributed by atoms with van der Waals surface area (Å²) in [6.07, 6.45) is 36.4. The third-order valence-electron chi connectivity index (χ3n) is 15.7. The van der Waals surface area contributed by atoms with Crippen LogP contribution in [0.5, 0.6) is 0 Å². The van der Waals surface area contributed by atoms with Gasteiger partial charge in [-0.05, 0) is 177 Å². The van der Waals surface area contributed by atoms with Crippen molar-refractivity contribution >= 4 is 15.9 Å². The molecule has 1 aromatic rings. The lowest BCUT2D eigenvalue weighted by atomic mass is 9.25. The van der Waals surface area contributed by atoms with E-state index in [1.165, 1.54) is 87.9 Å². The van der Waals surface area contributed by atoms with Crippen molar-refractivity contribution in [3.63, 3.8) is 0 Å². The van der Waals surface area contributed by atoms with Crippen LogP contribution >= 0.6 is 15.9 Å². The Bertz CT molecular complexity index is 1160. The number of unbranched alkanes of at least 4 members (excludes halogenated alkanes) is 4. The van der Waals surface area contributed by atoms with E-state index in [1.807, 2.05) is 0 Å². The molecule has 246 valence electrons. The predicted octanol–water partition coefficient (Wildman–Crippen LogP) is 14.1. The number of aryl methyl sites for hydroxylation is 1. The smallest absolute Gasteiger partial charge is 0.0178 e. The zero-order chi connectivity index (χ0) is 30.9. The topological polar surface area (TPSA) is 0 Å². The molecule has 1 heteroatoms.